The molecule has 2 nitrogen and oxygen atoms in total. The molecule has 0 aliphatic carbocycles. The molecule has 0 amide bonds. The molecular weight excluding hydrogens is 274 g/mol. The molecule has 0 unspecified atom stereocenters. The average Bonchev–Trinajstić information content (AvgIpc) is 2.76. The van der Waals surface area contributed by atoms with Crippen LogP contribution in [0.25, 0.3) is 0 Å². The quantitative estimate of drug-likeness (QED) is 0.871. The highest BCUT2D eigenvalue weighted by Crippen LogP contribution is 2.20. The molecule has 1 heterocycles. The molecule has 0 fully saturated rings. The highest BCUT2D eigenvalue weighted by atomic mass is 35.5. The monoisotopic (exact) mass is 283 g/mol. The van der Waals surface area contributed by atoms with Crippen molar-refractivity contribution in [1.82, 2.24) is 0 Å². The van der Waals surface area contributed by atoms with Gasteiger partial charge in [-0.05, 0) is 35.7 Å². The van der Waals surface area contributed by atoms with Gasteiger partial charge in [-0.15, -0.1) is 11.3 Å². The van der Waals surface area contributed by atoms with Gasteiger partial charge >= 0.3 is 0 Å². The highest BCUT2D eigenvalue weighted by molar-refractivity contribution is 7.81. The first-order chi connectivity index (χ1) is 8.16. The summed E-state index contributed by atoms with van der Waals surface area (Å²) in [5.74, 6) is 0.773. The van der Waals surface area contributed by atoms with Gasteiger partial charge in [0, 0.05) is 10.6 Å². The number of thiophene rings is 1. The Morgan fingerprint density at radius 3 is 2.65 bits per heavy atom. The lowest BCUT2D eigenvalue weighted by Gasteiger charge is -2.06. The van der Waals surface area contributed by atoms with E-state index in [1.807, 2.05) is 23.6 Å². The number of benzene rings is 1. The van der Waals surface area contributed by atoms with Crippen molar-refractivity contribution in [3.63, 3.8) is 0 Å². The van der Waals surface area contributed by atoms with Gasteiger partial charge in [0.05, 0.1) is 4.88 Å². The van der Waals surface area contributed by atoms with Gasteiger partial charge in [-0.3, -0.25) is 0 Å². The predicted octanol–water partition coefficient (Wildman–Crippen LogP) is 3.61. The summed E-state index contributed by atoms with van der Waals surface area (Å²) >= 11 is 12.3. The van der Waals surface area contributed by atoms with E-state index in [1.54, 1.807) is 12.1 Å². The number of rotatable bonds is 4. The maximum atomic E-state index is 5.79. The molecule has 0 aliphatic rings. The summed E-state index contributed by atoms with van der Waals surface area (Å²) in [6.07, 6.45) is 0. The fourth-order valence-electron chi connectivity index (χ4n) is 1.36. The van der Waals surface area contributed by atoms with Crippen LogP contribution in [0, 0.1) is 0 Å². The predicted molar refractivity (Wildman–Crippen MR) is 76.0 cm³/mol. The largest absolute Gasteiger partial charge is 0.489 e. The maximum Gasteiger partial charge on any atom is 0.119 e. The van der Waals surface area contributed by atoms with Crippen molar-refractivity contribution in [3.05, 3.63) is 51.2 Å². The van der Waals surface area contributed by atoms with E-state index in [4.69, 9.17) is 34.3 Å². The van der Waals surface area contributed by atoms with Crippen LogP contribution in [0.2, 0.25) is 5.02 Å². The minimum absolute atomic E-state index is 0.412. The third-order valence-electron chi connectivity index (χ3n) is 2.18. The summed E-state index contributed by atoms with van der Waals surface area (Å²) in [5, 5.41) is 2.64. The van der Waals surface area contributed by atoms with Crippen LogP contribution in [0.4, 0.5) is 0 Å². The van der Waals surface area contributed by atoms with E-state index in [1.165, 1.54) is 11.3 Å². The van der Waals surface area contributed by atoms with E-state index >= 15 is 0 Å². The van der Waals surface area contributed by atoms with Crippen LogP contribution in [0.3, 0.4) is 0 Å². The Balaban J connectivity index is 2.05. The summed E-state index contributed by atoms with van der Waals surface area (Å²) in [6.45, 7) is 0.456. The van der Waals surface area contributed by atoms with E-state index in [0.717, 1.165) is 16.2 Å². The zero-order chi connectivity index (χ0) is 12.3. The first-order valence-corrected chi connectivity index (χ1v) is 6.58. The van der Waals surface area contributed by atoms with Gasteiger partial charge in [-0.25, -0.2) is 0 Å². The zero-order valence-corrected chi connectivity index (χ0v) is 11.2. The van der Waals surface area contributed by atoms with E-state index in [-0.39, 0.29) is 0 Å². The fraction of sp³-hybridized carbons (Fsp3) is 0.0833. The molecule has 1 aromatic carbocycles. The standard InChI is InChI=1S/C12H10ClNOS2/c13-9-1-3-10(4-2-9)15-7-8-5-6-17-11(8)12(14)16/h1-6H,7H2,(H2,14,16). The molecule has 0 saturated carbocycles. The Morgan fingerprint density at radius 1 is 1.29 bits per heavy atom. The second-order valence-electron chi connectivity index (χ2n) is 3.38. The van der Waals surface area contributed by atoms with Gasteiger partial charge in [-0.1, -0.05) is 23.8 Å². The Kier molecular flexibility index (Phi) is 3.99. The number of halogens is 1. The Hall–Kier alpha value is -1.10. The summed E-state index contributed by atoms with van der Waals surface area (Å²) in [6, 6.07) is 9.21. The fourth-order valence-corrected chi connectivity index (χ4v) is 2.52. The van der Waals surface area contributed by atoms with Crippen molar-refractivity contribution in [3.8, 4) is 5.75 Å². The SMILES string of the molecule is NC(=S)c1sccc1COc1ccc(Cl)cc1. The number of thiocarbonyl (C=S) groups is 1. The summed E-state index contributed by atoms with van der Waals surface area (Å²) in [7, 11) is 0. The Morgan fingerprint density at radius 2 is 2.00 bits per heavy atom. The van der Waals surface area contributed by atoms with Gasteiger partial charge < -0.3 is 10.5 Å². The molecule has 88 valence electrons. The Bertz CT molecular complexity index is 522. The van der Waals surface area contributed by atoms with Crippen LogP contribution in [-0.4, -0.2) is 4.99 Å². The van der Waals surface area contributed by atoms with Gasteiger partial charge in [0.2, 0.25) is 0 Å². The van der Waals surface area contributed by atoms with Gasteiger partial charge in [0.15, 0.2) is 0 Å². The summed E-state index contributed by atoms with van der Waals surface area (Å²) in [5.41, 5.74) is 6.63. The van der Waals surface area contributed by atoms with E-state index < -0.39 is 0 Å². The number of nitrogens with two attached hydrogens (primary N) is 1. The van der Waals surface area contributed by atoms with Crippen LogP contribution < -0.4 is 10.5 Å². The van der Waals surface area contributed by atoms with E-state index in [0.29, 0.717) is 16.6 Å². The Labute approximate surface area is 114 Å². The molecule has 0 spiro atoms. The maximum absolute atomic E-state index is 5.79. The number of hydrogen-bond donors (Lipinski definition) is 1. The molecule has 2 aromatic rings. The van der Waals surface area contributed by atoms with Crippen LogP contribution in [0.15, 0.2) is 35.7 Å². The lowest BCUT2D eigenvalue weighted by atomic mass is 10.2. The second-order valence-corrected chi connectivity index (χ2v) is 5.17. The first kappa shape index (κ1) is 12.4. The lowest BCUT2D eigenvalue weighted by Crippen LogP contribution is -2.10. The molecule has 17 heavy (non-hydrogen) atoms. The van der Waals surface area contributed by atoms with Crippen LogP contribution in [0.1, 0.15) is 10.4 Å². The van der Waals surface area contributed by atoms with Crippen molar-refractivity contribution >= 4 is 40.1 Å². The van der Waals surface area contributed by atoms with Crippen LogP contribution in [0.5, 0.6) is 5.75 Å². The molecule has 0 radical (unpaired) electrons. The van der Waals surface area contributed by atoms with E-state index in [9.17, 15) is 0 Å². The smallest absolute Gasteiger partial charge is 0.119 e. The molecule has 2 N–H and O–H groups in total. The zero-order valence-electron chi connectivity index (χ0n) is 8.85. The lowest BCUT2D eigenvalue weighted by molar-refractivity contribution is 0.306. The second kappa shape index (κ2) is 5.49. The topological polar surface area (TPSA) is 35.2 Å². The molecule has 0 saturated heterocycles. The minimum Gasteiger partial charge on any atom is -0.489 e. The third-order valence-corrected chi connectivity index (χ3v) is 3.75. The summed E-state index contributed by atoms with van der Waals surface area (Å²) in [4.78, 5) is 1.32. The van der Waals surface area contributed by atoms with Crippen LogP contribution >= 0.6 is 35.2 Å². The van der Waals surface area contributed by atoms with E-state index in [2.05, 4.69) is 0 Å². The molecule has 0 atom stereocenters. The third kappa shape index (κ3) is 3.19. The molecule has 2 rings (SSSR count). The van der Waals surface area contributed by atoms with Crippen molar-refractivity contribution in [2.45, 2.75) is 6.61 Å². The summed E-state index contributed by atoms with van der Waals surface area (Å²) < 4.78 is 5.63. The minimum atomic E-state index is 0.412. The van der Waals surface area contributed by atoms with Gasteiger partial charge in [0.1, 0.15) is 17.3 Å². The highest BCUT2D eigenvalue weighted by Gasteiger charge is 2.07. The number of ether oxygens (including phenoxy) is 1. The molecular formula is C12H10ClNOS2. The number of hydrogen-bond acceptors (Lipinski definition) is 3. The van der Waals surface area contributed by atoms with Gasteiger partial charge in [0.25, 0.3) is 0 Å². The van der Waals surface area contributed by atoms with Crippen molar-refractivity contribution in [2.24, 2.45) is 5.73 Å². The van der Waals surface area contributed by atoms with Crippen molar-refractivity contribution < 1.29 is 4.74 Å². The van der Waals surface area contributed by atoms with Gasteiger partial charge in [-0.2, -0.15) is 0 Å². The first-order valence-electron chi connectivity index (χ1n) is 4.91. The normalized spacial score (nSPS) is 10.2. The van der Waals surface area contributed by atoms with Crippen LogP contribution in [-0.2, 0) is 6.61 Å². The van der Waals surface area contributed by atoms with Crippen molar-refractivity contribution in [2.75, 3.05) is 0 Å². The average molecular weight is 284 g/mol. The molecule has 0 aliphatic heterocycles. The molecule has 1 aromatic heterocycles. The molecule has 5 heteroatoms. The molecule has 0 bridgehead atoms. The van der Waals surface area contributed by atoms with Crippen molar-refractivity contribution in [1.29, 1.82) is 0 Å².